The molecule has 0 bridgehead atoms. The third-order valence-corrected chi connectivity index (χ3v) is 1.46. The van der Waals surface area contributed by atoms with E-state index >= 15 is 0 Å². The first-order chi connectivity index (χ1) is 5.85. The van der Waals surface area contributed by atoms with Crippen LogP contribution in [0.3, 0.4) is 0 Å². The summed E-state index contributed by atoms with van der Waals surface area (Å²) in [4.78, 5) is 5.02. The van der Waals surface area contributed by atoms with Gasteiger partial charge in [0.1, 0.15) is 6.61 Å². The van der Waals surface area contributed by atoms with E-state index in [4.69, 9.17) is 4.84 Å². The molecule has 0 heterocycles. The van der Waals surface area contributed by atoms with Gasteiger partial charge in [0.2, 0.25) is 0 Å². The maximum atomic E-state index is 5.02. The van der Waals surface area contributed by atoms with Crippen LogP contribution in [0, 0.1) is 0 Å². The smallest absolute Gasteiger partial charge is 0.135 e. The summed E-state index contributed by atoms with van der Waals surface area (Å²) in [6.45, 7) is 8.37. The molecule has 0 aromatic heterocycles. The lowest BCUT2D eigenvalue weighted by molar-refractivity contribution is 0.173. The van der Waals surface area contributed by atoms with Crippen molar-refractivity contribution in [3.63, 3.8) is 0 Å². The lowest BCUT2D eigenvalue weighted by Gasteiger charge is -2.01. The molecule has 0 atom stereocenters. The molecule has 0 aromatic carbocycles. The number of hydrogen-bond acceptors (Lipinski definition) is 2. The van der Waals surface area contributed by atoms with Crippen molar-refractivity contribution in [1.29, 1.82) is 0 Å². The van der Waals surface area contributed by atoms with Crippen LogP contribution in [0.1, 0.15) is 39.5 Å². The summed E-state index contributed by atoms with van der Waals surface area (Å²) in [5, 5.41) is 4.04. The van der Waals surface area contributed by atoms with Gasteiger partial charge in [-0.3, -0.25) is 0 Å². The van der Waals surface area contributed by atoms with E-state index in [0.717, 1.165) is 25.7 Å². The molecule has 0 saturated heterocycles. The van der Waals surface area contributed by atoms with E-state index in [2.05, 4.69) is 25.6 Å². The lowest BCUT2D eigenvalue weighted by atomic mass is 10.1. The zero-order valence-corrected chi connectivity index (χ0v) is 8.18. The first kappa shape index (κ1) is 11.2. The van der Waals surface area contributed by atoms with Gasteiger partial charge in [-0.1, -0.05) is 44.5 Å². The van der Waals surface area contributed by atoms with Crippen LogP contribution in [0.4, 0.5) is 0 Å². The Hall–Kier alpha value is -0.790. The molecule has 0 aliphatic rings. The molecule has 70 valence electrons. The second-order valence-electron chi connectivity index (χ2n) is 2.74. The monoisotopic (exact) mass is 169 g/mol. The number of oxime groups is 1. The van der Waals surface area contributed by atoms with Crippen LogP contribution < -0.4 is 0 Å². The van der Waals surface area contributed by atoms with Crippen molar-refractivity contribution in [2.75, 3.05) is 6.61 Å². The number of hydrogen-bond donors (Lipinski definition) is 0. The molecule has 0 rings (SSSR count). The van der Waals surface area contributed by atoms with E-state index in [-0.39, 0.29) is 0 Å². The van der Waals surface area contributed by atoms with Gasteiger partial charge in [-0.05, 0) is 12.8 Å². The summed E-state index contributed by atoms with van der Waals surface area (Å²) in [6.07, 6.45) is 6.07. The van der Waals surface area contributed by atoms with E-state index in [1.54, 1.807) is 6.08 Å². The highest BCUT2D eigenvalue weighted by Gasteiger charge is 1.96. The first-order valence-corrected chi connectivity index (χ1v) is 4.63. The van der Waals surface area contributed by atoms with Crippen molar-refractivity contribution in [3.05, 3.63) is 12.7 Å². The molecule has 2 nitrogen and oxygen atoms in total. The second kappa shape index (κ2) is 8.31. The summed E-state index contributed by atoms with van der Waals surface area (Å²) >= 11 is 0. The molecule has 0 unspecified atom stereocenters. The molecule has 0 fully saturated rings. The molecular weight excluding hydrogens is 150 g/mol. The molecule has 0 saturated carbocycles. The van der Waals surface area contributed by atoms with Crippen LogP contribution in [0.2, 0.25) is 0 Å². The van der Waals surface area contributed by atoms with Crippen molar-refractivity contribution >= 4 is 5.71 Å². The Morgan fingerprint density at radius 1 is 1.33 bits per heavy atom. The van der Waals surface area contributed by atoms with Crippen LogP contribution in [0.5, 0.6) is 0 Å². The molecule has 0 aliphatic carbocycles. The molecular formula is C10H19NO. The van der Waals surface area contributed by atoms with E-state index in [1.807, 2.05) is 0 Å². The summed E-state index contributed by atoms with van der Waals surface area (Å²) in [5.74, 6) is 0. The van der Waals surface area contributed by atoms with Gasteiger partial charge >= 0.3 is 0 Å². The zero-order chi connectivity index (χ0) is 9.23. The fraction of sp³-hybridized carbons (Fsp3) is 0.700. The summed E-state index contributed by atoms with van der Waals surface area (Å²) in [6, 6.07) is 0. The molecule has 0 amide bonds. The highest BCUT2D eigenvalue weighted by atomic mass is 16.6. The molecule has 0 aliphatic heterocycles. The Kier molecular flexibility index (Phi) is 7.76. The Morgan fingerprint density at radius 2 is 1.92 bits per heavy atom. The Bertz CT molecular complexity index is 133. The zero-order valence-electron chi connectivity index (χ0n) is 8.18. The van der Waals surface area contributed by atoms with Gasteiger partial charge < -0.3 is 4.84 Å². The normalized spacial score (nSPS) is 9.17. The predicted molar refractivity (Wildman–Crippen MR) is 53.4 cm³/mol. The van der Waals surface area contributed by atoms with E-state index < -0.39 is 0 Å². The van der Waals surface area contributed by atoms with Crippen molar-refractivity contribution in [2.24, 2.45) is 5.16 Å². The van der Waals surface area contributed by atoms with Crippen LogP contribution >= 0.6 is 0 Å². The minimum atomic E-state index is 0.511. The quantitative estimate of drug-likeness (QED) is 0.248. The highest BCUT2D eigenvalue weighted by Crippen LogP contribution is 2.00. The van der Waals surface area contributed by atoms with E-state index in [1.165, 1.54) is 5.71 Å². The van der Waals surface area contributed by atoms with Crippen LogP contribution in [-0.4, -0.2) is 12.3 Å². The minimum Gasteiger partial charge on any atom is -0.392 e. The molecule has 2 heteroatoms. The maximum absolute atomic E-state index is 5.02. The van der Waals surface area contributed by atoms with Gasteiger partial charge in [0.25, 0.3) is 0 Å². The molecule has 0 N–H and O–H groups in total. The fourth-order valence-corrected chi connectivity index (χ4v) is 0.975. The van der Waals surface area contributed by atoms with Crippen LogP contribution in [0.25, 0.3) is 0 Å². The fourth-order valence-electron chi connectivity index (χ4n) is 0.975. The van der Waals surface area contributed by atoms with Crippen LogP contribution in [-0.2, 0) is 4.84 Å². The van der Waals surface area contributed by atoms with Gasteiger partial charge in [0, 0.05) is 0 Å². The summed E-state index contributed by atoms with van der Waals surface area (Å²) < 4.78 is 0. The van der Waals surface area contributed by atoms with Crippen molar-refractivity contribution < 1.29 is 4.84 Å². The van der Waals surface area contributed by atoms with Gasteiger partial charge in [0.05, 0.1) is 5.71 Å². The van der Waals surface area contributed by atoms with E-state index in [0.29, 0.717) is 6.61 Å². The Balaban J connectivity index is 3.72. The second-order valence-corrected chi connectivity index (χ2v) is 2.74. The summed E-state index contributed by atoms with van der Waals surface area (Å²) in [5.41, 5.74) is 1.17. The minimum absolute atomic E-state index is 0.511. The Morgan fingerprint density at radius 3 is 2.33 bits per heavy atom. The van der Waals surface area contributed by atoms with Crippen molar-refractivity contribution in [3.8, 4) is 0 Å². The van der Waals surface area contributed by atoms with Crippen molar-refractivity contribution in [2.45, 2.75) is 39.5 Å². The molecule has 0 spiro atoms. The molecule has 0 aromatic rings. The van der Waals surface area contributed by atoms with Gasteiger partial charge in [-0.15, -0.1) is 0 Å². The van der Waals surface area contributed by atoms with Gasteiger partial charge in [-0.2, -0.15) is 0 Å². The average molecular weight is 169 g/mol. The average Bonchev–Trinajstić information content (AvgIpc) is 2.06. The number of rotatable bonds is 7. The standard InChI is InChI=1S/C10H19NO/c1-4-7-10(8-5-2)11-12-9-6-3/h6H,3-5,7-9H2,1-2H3. The van der Waals surface area contributed by atoms with Crippen molar-refractivity contribution in [1.82, 2.24) is 0 Å². The Labute approximate surface area is 75.3 Å². The number of nitrogens with zero attached hydrogens (tertiary/aromatic N) is 1. The highest BCUT2D eigenvalue weighted by molar-refractivity contribution is 5.83. The molecule has 12 heavy (non-hydrogen) atoms. The largest absolute Gasteiger partial charge is 0.392 e. The van der Waals surface area contributed by atoms with Gasteiger partial charge in [0.15, 0.2) is 0 Å². The topological polar surface area (TPSA) is 21.6 Å². The predicted octanol–water partition coefficient (Wildman–Crippen LogP) is 3.15. The van der Waals surface area contributed by atoms with E-state index in [9.17, 15) is 0 Å². The first-order valence-electron chi connectivity index (χ1n) is 4.63. The lowest BCUT2D eigenvalue weighted by Crippen LogP contribution is -1.98. The third-order valence-electron chi connectivity index (χ3n) is 1.46. The third kappa shape index (κ3) is 5.96. The summed E-state index contributed by atoms with van der Waals surface area (Å²) in [7, 11) is 0. The molecule has 0 radical (unpaired) electrons. The maximum Gasteiger partial charge on any atom is 0.135 e. The van der Waals surface area contributed by atoms with Gasteiger partial charge in [-0.25, -0.2) is 0 Å². The SMILES string of the molecule is C=CCON=C(CCC)CCC. The van der Waals surface area contributed by atoms with Crippen LogP contribution in [0.15, 0.2) is 17.8 Å².